The van der Waals surface area contributed by atoms with Gasteiger partial charge in [0.1, 0.15) is 5.75 Å². The van der Waals surface area contributed by atoms with Crippen molar-refractivity contribution in [2.24, 2.45) is 0 Å². The minimum Gasteiger partial charge on any atom is -0.482 e. The average Bonchev–Trinajstić information content (AvgIpc) is 2.68. The smallest absolute Gasteiger partial charge is 0.265 e. The van der Waals surface area contributed by atoms with Crippen LogP contribution >= 0.6 is 0 Å². The zero-order valence-electron chi connectivity index (χ0n) is 14.6. The monoisotopic (exact) mass is 346 g/mol. The normalized spacial score (nSPS) is 21.8. The first kappa shape index (κ1) is 16.6. The number of nitrogens with zero attached hydrogens (tertiary/aromatic N) is 3. The molecule has 0 bridgehead atoms. The van der Waals surface area contributed by atoms with E-state index in [0.717, 1.165) is 76.2 Å². The summed E-state index contributed by atoms with van der Waals surface area (Å²) < 4.78 is 11.0. The maximum absolute atomic E-state index is 12.5. The van der Waals surface area contributed by atoms with Crippen molar-refractivity contribution in [3.05, 3.63) is 18.2 Å². The average molecular weight is 346 g/mol. The van der Waals surface area contributed by atoms with Gasteiger partial charge in [-0.2, -0.15) is 0 Å². The fraction of sp³-hybridized carbons (Fsp3) is 0.611. The van der Waals surface area contributed by atoms with E-state index in [0.29, 0.717) is 6.54 Å². The van der Waals surface area contributed by atoms with Crippen LogP contribution in [0, 0.1) is 0 Å². The molecule has 3 aliphatic heterocycles. The van der Waals surface area contributed by atoms with Crippen LogP contribution < -0.4 is 19.9 Å². The van der Waals surface area contributed by atoms with Gasteiger partial charge in [-0.25, -0.2) is 0 Å². The van der Waals surface area contributed by atoms with Crippen molar-refractivity contribution < 1.29 is 14.3 Å². The maximum atomic E-state index is 12.5. The molecule has 1 aromatic carbocycles. The minimum atomic E-state index is 0.0400. The molecule has 136 valence electrons. The number of hydrogen-bond donors (Lipinski definition) is 1. The molecule has 3 aliphatic rings. The topological polar surface area (TPSA) is 57.3 Å². The third-order valence-electron chi connectivity index (χ3n) is 5.11. The summed E-state index contributed by atoms with van der Waals surface area (Å²) in [7, 11) is 0. The van der Waals surface area contributed by atoms with Crippen molar-refractivity contribution in [1.82, 2.24) is 10.2 Å². The van der Waals surface area contributed by atoms with Gasteiger partial charge in [0.05, 0.1) is 18.9 Å². The van der Waals surface area contributed by atoms with Gasteiger partial charge in [-0.05, 0) is 18.2 Å². The fourth-order valence-corrected chi connectivity index (χ4v) is 3.62. The van der Waals surface area contributed by atoms with E-state index in [-0.39, 0.29) is 12.5 Å². The molecule has 0 aliphatic carbocycles. The highest BCUT2D eigenvalue weighted by Gasteiger charge is 2.27. The van der Waals surface area contributed by atoms with Crippen molar-refractivity contribution in [2.75, 3.05) is 82.0 Å². The van der Waals surface area contributed by atoms with Crippen molar-refractivity contribution >= 4 is 17.3 Å². The minimum absolute atomic E-state index is 0.0400. The number of nitrogens with one attached hydrogen (secondary N) is 1. The molecule has 4 rings (SSSR count). The molecule has 7 nitrogen and oxygen atoms in total. The highest BCUT2D eigenvalue weighted by Crippen LogP contribution is 2.35. The van der Waals surface area contributed by atoms with Crippen LogP contribution in [0.1, 0.15) is 0 Å². The molecule has 7 heteroatoms. The van der Waals surface area contributed by atoms with Crippen LogP contribution in [0.4, 0.5) is 11.4 Å². The molecule has 0 radical (unpaired) electrons. The number of piperazine rings is 1. The summed E-state index contributed by atoms with van der Waals surface area (Å²) in [4.78, 5) is 19.1. The summed E-state index contributed by atoms with van der Waals surface area (Å²) in [6.45, 7) is 9.08. The predicted molar refractivity (Wildman–Crippen MR) is 96.6 cm³/mol. The van der Waals surface area contributed by atoms with Gasteiger partial charge in [0.15, 0.2) is 6.61 Å². The lowest BCUT2D eigenvalue weighted by Gasteiger charge is -2.35. The third-order valence-corrected chi connectivity index (χ3v) is 5.11. The lowest BCUT2D eigenvalue weighted by Crippen LogP contribution is -2.46. The number of amides is 1. The molecular weight excluding hydrogens is 320 g/mol. The molecule has 1 aromatic rings. The molecule has 0 aromatic heterocycles. The number of fused-ring (bicyclic) bond motifs is 1. The Bertz CT molecular complexity index is 612. The van der Waals surface area contributed by atoms with Crippen molar-refractivity contribution in [3.8, 4) is 5.75 Å². The number of anilines is 2. The largest absolute Gasteiger partial charge is 0.482 e. The van der Waals surface area contributed by atoms with Crippen molar-refractivity contribution in [3.63, 3.8) is 0 Å². The summed E-state index contributed by atoms with van der Waals surface area (Å²) in [6.07, 6.45) is 0. The van der Waals surface area contributed by atoms with Gasteiger partial charge in [0.25, 0.3) is 5.91 Å². The number of carbonyl (C=O) groups excluding carboxylic acids is 1. The van der Waals surface area contributed by atoms with Crippen LogP contribution in [0.3, 0.4) is 0 Å². The van der Waals surface area contributed by atoms with Crippen LogP contribution in [0.5, 0.6) is 5.75 Å². The Balaban J connectivity index is 1.50. The highest BCUT2D eigenvalue weighted by atomic mass is 16.5. The molecule has 0 spiro atoms. The fourth-order valence-electron chi connectivity index (χ4n) is 3.62. The second-order valence-corrected chi connectivity index (χ2v) is 6.68. The number of rotatable bonds is 4. The number of carbonyl (C=O) groups is 1. The molecule has 2 saturated heterocycles. The van der Waals surface area contributed by atoms with E-state index >= 15 is 0 Å². The van der Waals surface area contributed by atoms with Gasteiger partial charge >= 0.3 is 0 Å². The summed E-state index contributed by atoms with van der Waals surface area (Å²) >= 11 is 0. The summed E-state index contributed by atoms with van der Waals surface area (Å²) in [5, 5.41) is 3.37. The zero-order chi connectivity index (χ0) is 17.1. The van der Waals surface area contributed by atoms with E-state index in [9.17, 15) is 4.79 Å². The quantitative estimate of drug-likeness (QED) is 0.838. The number of morpholine rings is 1. The zero-order valence-corrected chi connectivity index (χ0v) is 14.6. The number of ether oxygens (including phenoxy) is 2. The first-order valence-electron chi connectivity index (χ1n) is 9.14. The molecule has 25 heavy (non-hydrogen) atoms. The summed E-state index contributed by atoms with van der Waals surface area (Å²) in [5.41, 5.74) is 2.07. The maximum Gasteiger partial charge on any atom is 0.265 e. The Morgan fingerprint density at radius 3 is 2.64 bits per heavy atom. The second kappa shape index (κ2) is 7.59. The van der Waals surface area contributed by atoms with Crippen molar-refractivity contribution in [1.29, 1.82) is 0 Å². The van der Waals surface area contributed by atoms with Crippen LogP contribution in [-0.2, 0) is 9.53 Å². The second-order valence-electron chi connectivity index (χ2n) is 6.68. The van der Waals surface area contributed by atoms with Crippen LogP contribution in [0.25, 0.3) is 0 Å². The van der Waals surface area contributed by atoms with Gasteiger partial charge in [0, 0.05) is 58.0 Å². The lowest BCUT2D eigenvalue weighted by atomic mass is 10.1. The molecule has 0 unspecified atom stereocenters. The molecule has 1 amide bonds. The van der Waals surface area contributed by atoms with Gasteiger partial charge < -0.3 is 24.6 Å². The molecular formula is C18H26N4O3. The lowest BCUT2D eigenvalue weighted by molar-refractivity contribution is -0.121. The van der Waals surface area contributed by atoms with Crippen LogP contribution in [0.2, 0.25) is 0 Å². The van der Waals surface area contributed by atoms with Gasteiger partial charge in [-0.3, -0.25) is 9.69 Å². The highest BCUT2D eigenvalue weighted by molar-refractivity contribution is 5.98. The third kappa shape index (κ3) is 3.73. The van der Waals surface area contributed by atoms with Gasteiger partial charge in [0.2, 0.25) is 0 Å². The Labute approximate surface area is 148 Å². The van der Waals surface area contributed by atoms with E-state index in [2.05, 4.69) is 27.2 Å². The van der Waals surface area contributed by atoms with Gasteiger partial charge in [-0.15, -0.1) is 0 Å². The SMILES string of the molecule is O=C1COc2ccc(N3CCNCC3)cc2N1CCN1CCOCC1. The molecule has 2 fully saturated rings. The summed E-state index contributed by atoms with van der Waals surface area (Å²) in [6, 6.07) is 6.21. The standard InChI is InChI=1S/C18H26N4O3/c23-18-14-25-17-2-1-15(21-5-3-19-4-6-21)13-16(17)22(18)8-7-20-9-11-24-12-10-20/h1-2,13,19H,3-12,14H2. The van der Waals surface area contributed by atoms with E-state index in [1.54, 1.807) is 0 Å². The van der Waals surface area contributed by atoms with E-state index in [1.165, 1.54) is 0 Å². The molecule has 1 N–H and O–H groups in total. The van der Waals surface area contributed by atoms with Gasteiger partial charge in [-0.1, -0.05) is 0 Å². The van der Waals surface area contributed by atoms with Crippen LogP contribution in [0.15, 0.2) is 18.2 Å². The van der Waals surface area contributed by atoms with E-state index in [4.69, 9.17) is 9.47 Å². The first-order valence-corrected chi connectivity index (χ1v) is 9.14. The molecule has 3 heterocycles. The number of benzene rings is 1. The Hall–Kier alpha value is -1.83. The Morgan fingerprint density at radius 1 is 1.04 bits per heavy atom. The number of hydrogen-bond acceptors (Lipinski definition) is 6. The van der Waals surface area contributed by atoms with E-state index < -0.39 is 0 Å². The Kier molecular flexibility index (Phi) is 5.05. The predicted octanol–water partition coefficient (Wildman–Crippen LogP) is 0.154. The summed E-state index contributed by atoms with van der Waals surface area (Å²) in [5.74, 6) is 0.846. The van der Waals surface area contributed by atoms with Crippen molar-refractivity contribution in [2.45, 2.75) is 0 Å². The van der Waals surface area contributed by atoms with E-state index in [1.807, 2.05) is 11.0 Å². The van der Waals surface area contributed by atoms with Crippen LogP contribution in [-0.4, -0.2) is 83.0 Å². The molecule has 0 atom stereocenters. The Morgan fingerprint density at radius 2 is 1.84 bits per heavy atom. The first-order chi connectivity index (χ1) is 12.3. The molecule has 0 saturated carbocycles.